The van der Waals surface area contributed by atoms with Crippen LogP contribution in [0.25, 0.3) is 10.8 Å². The summed E-state index contributed by atoms with van der Waals surface area (Å²) in [7, 11) is -2.15. The van der Waals surface area contributed by atoms with Gasteiger partial charge in [0.1, 0.15) is 5.75 Å². The van der Waals surface area contributed by atoms with E-state index in [2.05, 4.69) is 4.72 Å². The third-order valence-corrected chi connectivity index (χ3v) is 5.94. The molecule has 1 aliphatic carbocycles. The lowest BCUT2D eigenvalue weighted by Gasteiger charge is -2.28. The van der Waals surface area contributed by atoms with Gasteiger partial charge in [-0.3, -0.25) is 0 Å². The van der Waals surface area contributed by atoms with Crippen molar-refractivity contribution >= 4 is 20.8 Å². The Morgan fingerprint density at radius 1 is 1.09 bits per heavy atom. The van der Waals surface area contributed by atoms with Crippen molar-refractivity contribution < 1.29 is 18.3 Å². The molecule has 0 spiro atoms. The van der Waals surface area contributed by atoms with Crippen LogP contribution in [0.4, 0.5) is 0 Å². The molecule has 0 bridgehead atoms. The molecule has 23 heavy (non-hydrogen) atoms. The van der Waals surface area contributed by atoms with E-state index in [1.807, 2.05) is 12.1 Å². The van der Waals surface area contributed by atoms with Crippen LogP contribution in [-0.4, -0.2) is 32.8 Å². The Morgan fingerprint density at radius 2 is 1.78 bits per heavy atom. The number of rotatable bonds is 4. The van der Waals surface area contributed by atoms with Crippen LogP contribution in [0.15, 0.2) is 41.3 Å². The number of hydrogen-bond acceptors (Lipinski definition) is 4. The molecule has 0 radical (unpaired) electrons. The summed E-state index contributed by atoms with van der Waals surface area (Å²) in [5, 5.41) is 11.4. The fourth-order valence-electron chi connectivity index (χ4n) is 3.17. The normalized spacial score (nSPS) is 22.2. The molecule has 0 aliphatic heterocycles. The first-order valence-electron chi connectivity index (χ1n) is 7.79. The number of fused-ring (bicyclic) bond motifs is 1. The Hall–Kier alpha value is -1.63. The second-order valence-corrected chi connectivity index (χ2v) is 7.57. The molecule has 1 saturated carbocycles. The second-order valence-electron chi connectivity index (χ2n) is 5.89. The molecular weight excluding hydrogens is 314 g/mol. The number of benzene rings is 2. The molecule has 0 aromatic heterocycles. The Morgan fingerprint density at radius 3 is 2.48 bits per heavy atom. The SMILES string of the molecule is COc1ccc(S(=O)(=O)N[C@H]2CCCC[C@@H]2O)c2ccccc12. The van der Waals surface area contributed by atoms with Crippen molar-refractivity contribution in [1.82, 2.24) is 4.72 Å². The van der Waals surface area contributed by atoms with Gasteiger partial charge in [0.2, 0.25) is 10.0 Å². The first-order valence-corrected chi connectivity index (χ1v) is 9.27. The predicted octanol–water partition coefficient (Wildman–Crippen LogP) is 2.43. The van der Waals surface area contributed by atoms with Crippen molar-refractivity contribution in [2.75, 3.05) is 7.11 Å². The van der Waals surface area contributed by atoms with E-state index in [9.17, 15) is 13.5 Å². The van der Waals surface area contributed by atoms with Gasteiger partial charge in [-0.1, -0.05) is 37.1 Å². The molecule has 2 atom stereocenters. The molecule has 0 saturated heterocycles. The van der Waals surface area contributed by atoms with Crippen LogP contribution in [0.5, 0.6) is 5.75 Å². The van der Waals surface area contributed by atoms with Crippen molar-refractivity contribution in [2.24, 2.45) is 0 Å². The van der Waals surface area contributed by atoms with E-state index >= 15 is 0 Å². The summed E-state index contributed by atoms with van der Waals surface area (Å²) in [6.07, 6.45) is 2.53. The van der Waals surface area contributed by atoms with E-state index in [1.54, 1.807) is 31.4 Å². The quantitative estimate of drug-likeness (QED) is 0.900. The lowest BCUT2D eigenvalue weighted by atomic mass is 9.93. The van der Waals surface area contributed by atoms with Gasteiger partial charge >= 0.3 is 0 Å². The molecule has 0 amide bonds. The minimum atomic E-state index is -3.71. The zero-order chi connectivity index (χ0) is 16.4. The summed E-state index contributed by atoms with van der Waals surface area (Å²) in [4.78, 5) is 0.215. The van der Waals surface area contributed by atoms with Crippen LogP contribution >= 0.6 is 0 Å². The van der Waals surface area contributed by atoms with Crippen LogP contribution in [0.1, 0.15) is 25.7 Å². The predicted molar refractivity (Wildman–Crippen MR) is 89.1 cm³/mol. The number of methoxy groups -OCH3 is 1. The van der Waals surface area contributed by atoms with Gasteiger partial charge in [0.25, 0.3) is 0 Å². The first-order chi connectivity index (χ1) is 11.0. The van der Waals surface area contributed by atoms with Crippen molar-refractivity contribution in [3.63, 3.8) is 0 Å². The van der Waals surface area contributed by atoms with Gasteiger partial charge in [-0.15, -0.1) is 0 Å². The zero-order valence-electron chi connectivity index (χ0n) is 13.0. The summed E-state index contributed by atoms with van der Waals surface area (Å²) in [5.41, 5.74) is 0. The second kappa shape index (κ2) is 6.47. The third kappa shape index (κ3) is 3.20. The maximum atomic E-state index is 12.8. The molecule has 0 unspecified atom stereocenters. The molecule has 0 heterocycles. The van der Waals surface area contributed by atoms with Crippen molar-refractivity contribution in [1.29, 1.82) is 0 Å². The van der Waals surface area contributed by atoms with Crippen LogP contribution in [0.3, 0.4) is 0 Å². The van der Waals surface area contributed by atoms with Gasteiger partial charge in [0, 0.05) is 16.8 Å². The Bertz CT molecular complexity index is 803. The van der Waals surface area contributed by atoms with Gasteiger partial charge in [0.05, 0.1) is 18.1 Å². The fraction of sp³-hybridized carbons (Fsp3) is 0.412. The highest BCUT2D eigenvalue weighted by molar-refractivity contribution is 7.89. The summed E-state index contributed by atoms with van der Waals surface area (Å²) in [6, 6.07) is 10.0. The van der Waals surface area contributed by atoms with Gasteiger partial charge in [-0.05, 0) is 25.0 Å². The van der Waals surface area contributed by atoms with Gasteiger partial charge in [-0.25, -0.2) is 13.1 Å². The summed E-state index contributed by atoms with van der Waals surface area (Å²) < 4.78 is 33.6. The van der Waals surface area contributed by atoms with Crippen molar-refractivity contribution in [3.8, 4) is 5.75 Å². The monoisotopic (exact) mass is 335 g/mol. The standard InChI is InChI=1S/C17H21NO4S/c1-22-16-10-11-17(13-7-3-2-6-12(13)16)23(20,21)18-14-8-4-5-9-15(14)19/h2-3,6-7,10-11,14-15,18-19H,4-5,8-9H2,1H3/t14-,15-/m0/s1. The summed E-state index contributed by atoms with van der Waals surface area (Å²) in [5.74, 6) is 0.636. The molecule has 2 aromatic rings. The largest absolute Gasteiger partial charge is 0.496 e. The highest BCUT2D eigenvalue weighted by Gasteiger charge is 2.29. The molecule has 5 nitrogen and oxygen atoms in total. The molecule has 1 fully saturated rings. The Kier molecular flexibility index (Phi) is 4.57. The maximum absolute atomic E-state index is 12.8. The van der Waals surface area contributed by atoms with Crippen LogP contribution in [-0.2, 0) is 10.0 Å². The van der Waals surface area contributed by atoms with E-state index in [0.717, 1.165) is 18.2 Å². The highest BCUT2D eigenvalue weighted by atomic mass is 32.2. The molecule has 2 N–H and O–H groups in total. The Balaban J connectivity index is 2.01. The van der Waals surface area contributed by atoms with E-state index in [0.29, 0.717) is 24.0 Å². The zero-order valence-corrected chi connectivity index (χ0v) is 13.8. The molecule has 3 rings (SSSR count). The van der Waals surface area contributed by atoms with Crippen molar-refractivity contribution in [2.45, 2.75) is 42.7 Å². The average Bonchev–Trinajstić information content (AvgIpc) is 2.55. The number of sulfonamides is 1. The van der Waals surface area contributed by atoms with Gasteiger partial charge < -0.3 is 9.84 Å². The average molecular weight is 335 g/mol. The molecular formula is C17H21NO4S. The lowest BCUT2D eigenvalue weighted by molar-refractivity contribution is 0.101. The molecule has 1 aliphatic rings. The van der Waals surface area contributed by atoms with E-state index in [-0.39, 0.29) is 4.90 Å². The molecule has 124 valence electrons. The van der Waals surface area contributed by atoms with Crippen LogP contribution in [0.2, 0.25) is 0 Å². The maximum Gasteiger partial charge on any atom is 0.241 e. The van der Waals surface area contributed by atoms with Crippen LogP contribution < -0.4 is 9.46 Å². The number of aliphatic hydroxyl groups excluding tert-OH is 1. The van der Waals surface area contributed by atoms with Gasteiger partial charge in [-0.2, -0.15) is 0 Å². The van der Waals surface area contributed by atoms with Crippen LogP contribution in [0, 0.1) is 0 Å². The third-order valence-electron chi connectivity index (χ3n) is 4.39. The summed E-state index contributed by atoms with van der Waals surface area (Å²) in [6.45, 7) is 0. The number of ether oxygens (including phenoxy) is 1. The van der Waals surface area contributed by atoms with Crippen molar-refractivity contribution in [3.05, 3.63) is 36.4 Å². The topological polar surface area (TPSA) is 75.6 Å². The minimum absolute atomic E-state index is 0.215. The lowest BCUT2D eigenvalue weighted by Crippen LogP contribution is -2.44. The molecule has 2 aromatic carbocycles. The van der Waals surface area contributed by atoms with E-state index in [4.69, 9.17) is 4.74 Å². The fourth-order valence-corrected chi connectivity index (χ4v) is 4.68. The van der Waals surface area contributed by atoms with E-state index in [1.165, 1.54) is 0 Å². The number of hydrogen-bond donors (Lipinski definition) is 2. The first kappa shape index (κ1) is 16.2. The smallest absolute Gasteiger partial charge is 0.241 e. The van der Waals surface area contributed by atoms with Gasteiger partial charge in [0.15, 0.2) is 0 Å². The molecule has 6 heteroatoms. The highest BCUT2D eigenvalue weighted by Crippen LogP contribution is 2.31. The van der Waals surface area contributed by atoms with E-state index < -0.39 is 22.2 Å². The minimum Gasteiger partial charge on any atom is -0.496 e. The number of aliphatic hydroxyl groups is 1. The summed E-state index contributed by atoms with van der Waals surface area (Å²) >= 11 is 0. The Labute approximate surface area is 136 Å². The number of nitrogens with one attached hydrogen (secondary N) is 1.